The fourth-order valence-corrected chi connectivity index (χ4v) is 3.10. The van der Waals surface area contributed by atoms with Gasteiger partial charge in [-0.2, -0.15) is 5.10 Å². The molecule has 0 unspecified atom stereocenters. The Morgan fingerprint density at radius 2 is 2.10 bits per heavy atom. The molecule has 4 N–H and O–H groups in total. The minimum atomic E-state index is -0.249. The van der Waals surface area contributed by atoms with E-state index in [0.717, 1.165) is 16.8 Å². The van der Waals surface area contributed by atoms with Crippen LogP contribution in [0.5, 0.6) is 11.5 Å². The van der Waals surface area contributed by atoms with Gasteiger partial charge in [-0.25, -0.2) is 4.98 Å². The van der Waals surface area contributed by atoms with E-state index in [4.69, 9.17) is 15.2 Å². The van der Waals surface area contributed by atoms with E-state index in [-0.39, 0.29) is 12.5 Å². The first-order chi connectivity index (χ1) is 14.5. The maximum atomic E-state index is 12.2. The molecule has 0 radical (unpaired) electrons. The lowest BCUT2D eigenvalue weighted by Crippen LogP contribution is -2.20. The van der Waals surface area contributed by atoms with Crippen molar-refractivity contribution in [2.24, 2.45) is 5.10 Å². The molecule has 0 aliphatic carbocycles. The summed E-state index contributed by atoms with van der Waals surface area (Å²) in [4.78, 5) is 16.3. The molecule has 1 aromatic heterocycles. The average Bonchev–Trinajstić information content (AvgIpc) is 3.13. The molecular formula is C21H23N5O3S. The molecule has 0 atom stereocenters. The van der Waals surface area contributed by atoms with E-state index in [2.05, 4.69) is 20.8 Å². The second-order valence-corrected chi connectivity index (χ2v) is 7.15. The van der Waals surface area contributed by atoms with Gasteiger partial charge in [0.05, 0.1) is 12.8 Å². The first-order valence-electron chi connectivity index (χ1n) is 9.29. The van der Waals surface area contributed by atoms with Gasteiger partial charge in [-0.3, -0.25) is 10.2 Å². The molecule has 3 aromatic rings. The van der Waals surface area contributed by atoms with Gasteiger partial charge in [-0.1, -0.05) is 12.1 Å². The summed E-state index contributed by atoms with van der Waals surface area (Å²) in [7, 11) is 0. The molecule has 0 aliphatic rings. The van der Waals surface area contributed by atoms with Gasteiger partial charge >= 0.3 is 0 Å². The zero-order chi connectivity index (χ0) is 21.3. The number of carbonyl (C=O) groups excluding carboxylic acids is 1. The van der Waals surface area contributed by atoms with Crippen LogP contribution in [0.3, 0.4) is 0 Å². The number of hydrogen-bond donors (Lipinski definition) is 3. The largest absolute Gasteiger partial charge is 0.490 e. The van der Waals surface area contributed by atoms with Crippen LogP contribution in [0.25, 0.3) is 0 Å². The Balaban J connectivity index is 1.60. The van der Waals surface area contributed by atoms with E-state index in [1.165, 1.54) is 11.3 Å². The molecular weight excluding hydrogens is 402 g/mol. The molecule has 8 nitrogen and oxygen atoms in total. The van der Waals surface area contributed by atoms with Crippen molar-refractivity contribution in [3.05, 3.63) is 59.0 Å². The second-order valence-electron chi connectivity index (χ2n) is 6.29. The minimum Gasteiger partial charge on any atom is -0.490 e. The number of thiazole rings is 1. The van der Waals surface area contributed by atoms with Crippen LogP contribution >= 0.6 is 11.3 Å². The third kappa shape index (κ3) is 6.21. The molecule has 0 fully saturated rings. The fourth-order valence-electron chi connectivity index (χ4n) is 2.56. The maximum absolute atomic E-state index is 12.2. The number of benzene rings is 2. The number of nitrogens with zero attached hydrogens (tertiary/aromatic N) is 2. The summed E-state index contributed by atoms with van der Waals surface area (Å²) < 4.78 is 11.3. The molecule has 30 heavy (non-hydrogen) atoms. The highest BCUT2D eigenvalue weighted by atomic mass is 32.1. The van der Waals surface area contributed by atoms with E-state index in [1.54, 1.807) is 23.7 Å². The van der Waals surface area contributed by atoms with Gasteiger partial charge in [0, 0.05) is 11.1 Å². The number of carbonyl (C=O) groups is 1. The lowest BCUT2D eigenvalue weighted by atomic mass is 10.2. The number of aryl methyl sites for hydroxylation is 1. The number of anilines is 3. The predicted molar refractivity (Wildman–Crippen MR) is 121 cm³/mol. The predicted octanol–water partition coefficient (Wildman–Crippen LogP) is 3.90. The Morgan fingerprint density at radius 3 is 2.83 bits per heavy atom. The van der Waals surface area contributed by atoms with Gasteiger partial charge in [-0.05, 0) is 55.3 Å². The molecule has 0 spiro atoms. The summed E-state index contributed by atoms with van der Waals surface area (Å²) in [6.07, 6.45) is 1.63. The highest BCUT2D eigenvalue weighted by Crippen LogP contribution is 2.28. The highest BCUT2D eigenvalue weighted by molar-refractivity contribution is 7.14. The van der Waals surface area contributed by atoms with Crippen LogP contribution < -0.4 is 25.9 Å². The van der Waals surface area contributed by atoms with Gasteiger partial charge in [0.2, 0.25) is 5.13 Å². The molecule has 2 aromatic carbocycles. The monoisotopic (exact) mass is 425 g/mol. The van der Waals surface area contributed by atoms with Crippen LogP contribution in [-0.2, 0) is 4.79 Å². The van der Waals surface area contributed by atoms with E-state index >= 15 is 0 Å². The number of rotatable bonds is 9. The third-order valence-electron chi connectivity index (χ3n) is 3.82. The second kappa shape index (κ2) is 10.3. The van der Waals surface area contributed by atoms with Crippen molar-refractivity contribution >= 4 is 40.1 Å². The van der Waals surface area contributed by atoms with Crippen LogP contribution in [0.4, 0.5) is 16.6 Å². The summed E-state index contributed by atoms with van der Waals surface area (Å²) in [5.74, 6) is 1.21. The standard InChI is InChI=1S/C21H23N5O3S/c1-3-28-18-10-15(11-23-26-21-25-19(22)13-30-21)7-8-17(18)29-12-20(27)24-16-6-4-5-14(2)9-16/h4-11,13H,3,12,22H2,1-2H3,(H,24,27)(H,25,26). The van der Waals surface area contributed by atoms with Crippen LogP contribution in [-0.4, -0.2) is 30.3 Å². The van der Waals surface area contributed by atoms with E-state index in [0.29, 0.717) is 29.1 Å². The van der Waals surface area contributed by atoms with Gasteiger partial charge in [-0.15, -0.1) is 11.3 Å². The summed E-state index contributed by atoms with van der Waals surface area (Å²) in [6, 6.07) is 12.9. The number of nitrogens with two attached hydrogens (primary N) is 1. The summed E-state index contributed by atoms with van der Waals surface area (Å²) in [6.45, 7) is 4.17. The average molecular weight is 426 g/mol. The Morgan fingerprint density at radius 1 is 1.23 bits per heavy atom. The molecule has 0 aliphatic heterocycles. The number of ether oxygens (including phenoxy) is 2. The molecule has 0 saturated carbocycles. The van der Waals surface area contributed by atoms with Crippen molar-refractivity contribution < 1.29 is 14.3 Å². The Hall–Kier alpha value is -3.59. The quantitative estimate of drug-likeness (QED) is 0.354. The van der Waals surface area contributed by atoms with Crippen LogP contribution in [0.15, 0.2) is 52.9 Å². The number of hydrazone groups is 1. The molecule has 9 heteroatoms. The summed E-state index contributed by atoms with van der Waals surface area (Å²) in [5, 5.41) is 9.29. The Labute approximate surface area is 178 Å². The van der Waals surface area contributed by atoms with Crippen molar-refractivity contribution in [3.63, 3.8) is 0 Å². The van der Waals surface area contributed by atoms with Gasteiger partial charge in [0.1, 0.15) is 5.82 Å². The number of nitrogen functional groups attached to an aromatic ring is 1. The van der Waals surface area contributed by atoms with Crippen LogP contribution in [0.2, 0.25) is 0 Å². The number of amides is 1. The number of hydrogen-bond acceptors (Lipinski definition) is 8. The molecule has 156 valence electrons. The van der Waals surface area contributed by atoms with E-state index in [9.17, 15) is 4.79 Å². The number of nitrogens with one attached hydrogen (secondary N) is 2. The van der Waals surface area contributed by atoms with Crippen molar-refractivity contribution in [2.75, 3.05) is 29.7 Å². The van der Waals surface area contributed by atoms with Gasteiger partial charge < -0.3 is 20.5 Å². The molecule has 0 bridgehead atoms. The summed E-state index contributed by atoms with van der Waals surface area (Å²) in [5.41, 5.74) is 11.0. The van der Waals surface area contributed by atoms with Crippen LogP contribution in [0, 0.1) is 6.92 Å². The molecule has 0 saturated heterocycles. The first kappa shape index (κ1) is 21.1. The maximum Gasteiger partial charge on any atom is 0.262 e. The van der Waals surface area contributed by atoms with Gasteiger partial charge in [0.25, 0.3) is 5.91 Å². The normalized spacial score (nSPS) is 10.7. The molecule has 3 rings (SSSR count). The van der Waals surface area contributed by atoms with Gasteiger partial charge in [0.15, 0.2) is 18.1 Å². The summed E-state index contributed by atoms with van der Waals surface area (Å²) >= 11 is 1.37. The SMILES string of the molecule is CCOc1cc(C=NNc2nc(N)cs2)ccc1OCC(=O)Nc1cccc(C)c1. The van der Waals surface area contributed by atoms with Crippen molar-refractivity contribution in [1.82, 2.24) is 4.98 Å². The van der Waals surface area contributed by atoms with Crippen molar-refractivity contribution in [2.45, 2.75) is 13.8 Å². The Kier molecular flexibility index (Phi) is 7.23. The lowest BCUT2D eigenvalue weighted by Gasteiger charge is -2.13. The van der Waals surface area contributed by atoms with Crippen molar-refractivity contribution in [3.8, 4) is 11.5 Å². The van der Waals surface area contributed by atoms with Crippen LogP contribution in [0.1, 0.15) is 18.1 Å². The fraction of sp³-hybridized carbons (Fsp3) is 0.190. The molecule has 1 amide bonds. The Bertz CT molecular complexity index is 1030. The third-order valence-corrected chi connectivity index (χ3v) is 4.59. The molecule has 1 heterocycles. The zero-order valence-corrected chi connectivity index (χ0v) is 17.5. The highest BCUT2D eigenvalue weighted by Gasteiger charge is 2.09. The smallest absolute Gasteiger partial charge is 0.262 e. The van der Waals surface area contributed by atoms with E-state index < -0.39 is 0 Å². The lowest BCUT2D eigenvalue weighted by molar-refractivity contribution is -0.118. The van der Waals surface area contributed by atoms with Crippen molar-refractivity contribution in [1.29, 1.82) is 0 Å². The number of aromatic nitrogens is 1. The topological polar surface area (TPSA) is 111 Å². The minimum absolute atomic E-state index is 0.130. The zero-order valence-electron chi connectivity index (χ0n) is 16.7. The first-order valence-corrected chi connectivity index (χ1v) is 10.2. The van der Waals surface area contributed by atoms with E-state index in [1.807, 2.05) is 44.2 Å².